The molecule has 1 atom stereocenters. The number of rotatable bonds is 13. The van der Waals surface area contributed by atoms with Crippen molar-refractivity contribution in [1.82, 2.24) is 0 Å². The Morgan fingerprint density at radius 1 is 0.943 bits per heavy atom. The van der Waals surface area contributed by atoms with Gasteiger partial charge in [0.2, 0.25) is 0 Å². The fourth-order valence-corrected chi connectivity index (χ4v) is 3.19. The first-order chi connectivity index (χ1) is 16.7. The van der Waals surface area contributed by atoms with Gasteiger partial charge < -0.3 is 25.2 Å². The van der Waals surface area contributed by atoms with Gasteiger partial charge >= 0.3 is 11.9 Å². The minimum Gasteiger partial charge on any atom is -0.482 e. The van der Waals surface area contributed by atoms with Crippen molar-refractivity contribution in [2.45, 2.75) is 26.7 Å². The third kappa shape index (κ3) is 8.58. The molecule has 3 N–H and O–H groups in total. The monoisotopic (exact) mass is 484 g/mol. The number of nitrogens with zero attached hydrogens (tertiary/aromatic N) is 1. The summed E-state index contributed by atoms with van der Waals surface area (Å²) in [5.74, 6) is -2.01. The van der Waals surface area contributed by atoms with E-state index in [0.29, 0.717) is 22.4 Å². The number of ketones is 2. The number of nitrogens with two attached hydrogens (primary N) is 1. The Morgan fingerprint density at radius 2 is 1.54 bits per heavy atom. The van der Waals surface area contributed by atoms with Crippen molar-refractivity contribution in [2.75, 3.05) is 19.8 Å². The molecule has 0 aliphatic carbocycles. The Labute approximate surface area is 202 Å². The van der Waals surface area contributed by atoms with Gasteiger partial charge in [-0.15, -0.1) is 0 Å². The number of hydrogen-bond acceptors (Lipinski definition) is 9. The molecule has 0 spiro atoms. The van der Waals surface area contributed by atoms with E-state index in [1.807, 2.05) is 0 Å². The molecule has 2 aromatic rings. The van der Waals surface area contributed by atoms with E-state index in [2.05, 4.69) is 5.16 Å². The molecule has 10 nitrogen and oxygen atoms in total. The smallest absolute Gasteiger partial charge is 0.344 e. The lowest BCUT2D eigenvalue weighted by molar-refractivity contribution is -0.145. The second kappa shape index (κ2) is 13.5. The first-order valence-corrected chi connectivity index (χ1v) is 10.9. The van der Waals surface area contributed by atoms with Crippen LogP contribution in [0.4, 0.5) is 0 Å². The number of ether oxygens (including phenoxy) is 3. The minimum atomic E-state index is -0.739. The number of benzene rings is 2. The fraction of sp³-hybridized carbons (Fsp3) is 0.320. The van der Waals surface area contributed by atoms with Crippen molar-refractivity contribution in [3.8, 4) is 5.75 Å². The summed E-state index contributed by atoms with van der Waals surface area (Å²) >= 11 is 0. The van der Waals surface area contributed by atoms with Crippen LogP contribution in [0.15, 0.2) is 53.7 Å². The molecule has 0 aliphatic rings. The second-order valence-electron chi connectivity index (χ2n) is 7.50. The van der Waals surface area contributed by atoms with Crippen LogP contribution in [0.25, 0.3) is 0 Å². The van der Waals surface area contributed by atoms with Gasteiger partial charge in [0.1, 0.15) is 5.75 Å². The van der Waals surface area contributed by atoms with Gasteiger partial charge in [-0.1, -0.05) is 29.4 Å². The topological polar surface area (TPSA) is 155 Å². The van der Waals surface area contributed by atoms with Gasteiger partial charge in [0.25, 0.3) is 0 Å². The Kier molecular flexibility index (Phi) is 10.4. The largest absolute Gasteiger partial charge is 0.482 e. The van der Waals surface area contributed by atoms with Crippen LogP contribution in [0.3, 0.4) is 0 Å². The maximum Gasteiger partial charge on any atom is 0.344 e. The van der Waals surface area contributed by atoms with Crippen LogP contribution in [0.2, 0.25) is 0 Å². The van der Waals surface area contributed by atoms with Crippen LogP contribution >= 0.6 is 0 Å². The predicted octanol–water partition coefficient (Wildman–Crippen LogP) is 2.75. The van der Waals surface area contributed by atoms with Gasteiger partial charge in [0.05, 0.1) is 13.2 Å². The van der Waals surface area contributed by atoms with E-state index in [4.69, 9.17) is 25.2 Å². The number of oxime groups is 1. The molecule has 0 radical (unpaired) electrons. The van der Waals surface area contributed by atoms with Crippen LogP contribution in [0.1, 0.15) is 53.0 Å². The molecular formula is C25H28N2O8. The zero-order chi connectivity index (χ0) is 25.8. The third-order valence-corrected chi connectivity index (χ3v) is 4.99. The SMILES string of the molecule is CCOC(=O)COc1ccc(C(=O)C(CCOC(C)=O)CC(=O)c2ccc(C(N)=NO)cc2)cc1. The first kappa shape index (κ1) is 27.0. The molecule has 10 heteroatoms. The lowest BCUT2D eigenvalue weighted by atomic mass is 9.88. The van der Waals surface area contributed by atoms with Crippen LogP contribution < -0.4 is 10.5 Å². The maximum absolute atomic E-state index is 13.2. The molecule has 186 valence electrons. The summed E-state index contributed by atoms with van der Waals surface area (Å²) in [6.07, 6.45) is 0.0532. The molecule has 0 fully saturated rings. The molecule has 0 heterocycles. The maximum atomic E-state index is 13.2. The van der Waals surface area contributed by atoms with Crippen molar-refractivity contribution in [3.05, 3.63) is 65.2 Å². The summed E-state index contributed by atoms with van der Waals surface area (Å²) in [5.41, 5.74) is 6.68. The summed E-state index contributed by atoms with van der Waals surface area (Å²) in [6, 6.07) is 12.3. The van der Waals surface area contributed by atoms with E-state index >= 15 is 0 Å². The number of esters is 2. The number of carbonyl (C=O) groups is 4. The summed E-state index contributed by atoms with van der Waals surface area (Å²) in [6.45, 7) is 2.94. The zero-order valence-electron chi connectivity index (χ0n) is 19.6. The summed E-state index contributed by atoms with van der Waals surface area (Å²) in [7, 11) is 0. The molecule has 0 saturated heterocycles. The zero-order valence-corrected chi connectivity index (χ0v) is 19.6. The molecule has 1 unspecified atom stereocenters. The molecule has 0 aromatic heterocycles. The number of Topliss-reactive ketones (excluding diaryl/α,β-unsaturated/α-hetero) is 2. The lowest BCUT2D eigenvalue weighted by Crippen LogP contribution is -2.21. The normalized spacial score (nSPS) is 11.9. The van der Waals surface area contributed by atoms with Gasteiger partial charge in [-0.3, -0.25) is 14.4 Å². The van der Waals surface area contributed by atoms with Crippen LogP contribution in [0, 0.1) is 5.92 Å². The minimum absolute atomic E-state index is 0.0117. The lowest BCUT2D eigenvalue weighted by Gasteiger charge is -2.16. The highest BCUT2D eigenvalue weighted by atomic mass is 16.6. The molecule has 2 aromatic carbocycles. The van der Waals surface area contributed by atoms with E-state index < -0.39 is 17.9 Å². The number of carbonyl (C=O) groups excluding carboxylic acids is 4. The van der Waals surface area contributed by atoms with Crippen molar-refractivity contribution < 1.29 is 38.6 Å². The van der Waals surface area contributed by atoms with E-state index in [1.165, 1.54) is 43.3 Å². The summed E-state index contributed by atoms with van der Waals surface area (Å²) < 4.78 is 15.1. The fourth-order valence-electron chi connectivity index (χ4n) is 3.19. The molecule has 0 aliphatic heterocycles. The van der Waals surface area contributed by atoms with Gasteiger partial charge in [0.15, 0.2) is 24.0 Å². The van der Waals surface area contributed by atoms with Crippen molar-refractivity contribution in [1.29, 1.82) is 0 Å². The summed E-state index contributed by atoms with van der Waals surface area (Å²) in [4.78, 5) is 48.6. The molecule has 0 saturated carbocycles. The van der Waals surface area contributed by atoms with Crippen molar-refractivity contribution in [3.63, 3.8) is 0 Å². The Hall–Kier alpha value is -4.21. The predicted molar refractivity (Wildman–Crippen MR) is 126 cm³/mol. The third-order valence-electron chi connectivity index (χ3n) is 4.99. The van der Waals surface area contributed by atoms with Crippen LogP contribution in [-0.2, 0) is 19.1 Å². The van der Waals surface area contributed by atoms with E-state index in [0.717, 1.165) is 0 Å². The quantitative estimate of drug-likeness (QED) is 0.109. The highest BCUT2D eigenvalue weighted by molar-refractivity contribution is 6.04. The van der Waals surface area contributed by atoms with Gasteiger partial charge in [0, 0.05) is 36.0 Å². The van der Waals surface area contributed by atoms with Gasteiger partial charge in [-0.2, -0.15) is 0 Å². The Morgan fingerprint density at radius 3 is 2.11 bits per heavy atom. The number of hydrogen-bond donors (Lipinski definition) is 2. The van der Waals surface area contributed by atoms with E-state index in [1.54, 1.807) is 19.1 Å². The molecule has 2 rings (SSSR count). The van der Waals surface area contributed by atoms with E-state index in [9.17, 15) is 19.2 Å². The summed E-state index contributed by atoms with van der Waals surface area (Å²) in [5, 5.41) is 11.7. The molecule has 0 bridgehead atoms. The van der Waals surface area contributed by atoms with Crippen LogP contribution in [0.5, 0.6) is 5.75 Å². The van der Waals surface area contributed by atoms with Gasteiger partial charge in [-0.25, -0.2) is 4.79 Å². The highest BCUT2D eigenvalue weighted by Gasteiger charge is 2.24. The van der Waals surface area contributed by atoms with E-state index in [-0.39, 0.29) is 50.1 Å². The van der Waals surface area contributed by atoms with Gasteiger partial charge in [-0.05, 0) is 37.6 Å². The average Bonchev–Trinajstić information content (AvgIpc) is 2.86. The standard InChI is InChI=1S/C25H28N2O8/c1-3-33-23(30)15-35-21-10-8-18(9-11-21)24(31)20(12-13-34-16(2)28)14-22(29)17-4-6-19(7-5-17)25(26)27-32/h4-11,20,32H,3,12-15H2,1-2H3,(H2,26,27). The Balaban J connectivity index is 2.12. The van der Waals surface area contributed by atoms with Crippen molar-refractivity contribution in [2.24, 2.45) is 16.8 Å². The number of amidine groups is 1. The molecular weight excluding hydrogens is 456 g/mol. The highest BCUT2D eigenvalue weighted by Crippen LogP contribution is 2.22. The molecule has 0 amide bonds. The van der Waals surface area contributed by atoms with Crippen molar-refractivity contribution >= 4 is 29.3 Å². The molecule has 35 heavy (non-hydrogen) atoms. The first-order valence-electron chi connectivity index (χ1n) is 10.9. The van der Waals surface area contributed by atoms with Crippen LogP contribution in [-0.4, -0.2) is 54.4 Å². The average molecular weight is 485 g/mol. The Bertz CT molecular complexity index is 1060. The second-order valence-corrected chi connectivity index (χ2v) is 7.50.